The van der Waals surface area contributed by atoms with Crippen molar-refractivity contribution in [3.8, 4) is 0 Å². The van der Waals surface area contributed by atoms with Crippen LogP contribution in [0.25, 0.3) is 0 Å². The first kappa shape index (κ1) is 14.9. The van der Waals surface area contributed by atoms with Crippen molar-refractivity contribution in [1.82, 2.24) is 4.90 Å². The van der Waals surface area contributed by atoms with Gasteiger partial charge in [0.1, 0.15) is 0 Å². The fraction of sp³-hybridized carbons (Fsp3) is 1.00. The summed E-state index contributed by atoms with van der Waals surface area (Å²) in [5.74, 6) is 0. The lowest BCUT2D eigenvalue weighted by atomic mass is 10.3. The number of unbranched alkanes of at least 4 members (excludes halogenated alkanes) is 1. The summed E-state index contributed by atoms with van der Waals surface area (Å²) in [5, 5.41) is 0. The van der Waals surface area contributed by atoms with E-state index in [4.69, 9.17) is 0 Å². The van der Waals surface area contributed by atoms with Crippen LogP contribution in [0, 0.1) is 0 Å². The normalized spacial score (nSPS) is 12.4. The molecule has 0 N–H and O–H groups in total. The number of nitrogens with zero attached hydrogens (tertiary/aromatic N) is 2. The van der Waals surface area contributed by atoms with Gasteiger partial charge in [0.25, 0.3) is 0 Å². The van der Waals surface area contributed by atoms with E-state index in [-0.39, 0.29) is 0 Å². The van der Waals surface area contributed by atoms with Gasteiger partial charge in [-0.25, -0.2) is 0 Å². The smallest absolute Gasteiger partial charge is 0.0794 e. The highest BCUT2D eigenvalue weighted by atomic mass is 15.3. The summed E-state index contributed by atoms with van der Waals surface area (Å²) in [7, 11) is 6.93. The quantitative estimate of drug-likeness (QED) is 0.534. The van der Waals surface area contributed by atoms with Gasteiger partial charge in [0.2, 0.25) is 0 Å². The maximum Gasteiger partial charge on any atom is 0.0794 e. The predicted octanol–water partition coefficient (Wildman–Crippen LogP) is 2.59. The van der Waals surface area contributed by atoms with Gasteiger partial charge in [0.15, 0.2) is 0 Å². The lowest BCUT2D eigenvalue weighted by Crippen LogP contribution is -2.42. The zero-order chi connectivity index (χ0) is 11.7. The molecular weight excluding hydrogens is 184 g/mol. The summed E-state index contributed by atoms with van der Waals surface area (Å²) in [4.78, 5) is 2.47. The molecular formula is C13H31N2+. The van der Waals surface area contributed by atoms with Crippen molar-refractivity contribution in [2.75, 3.05) is 47.3 Å². The van der Waals surface area contributed by atoms with Gasteiger partial charge in [0.05, 0.1) is 27.2 Å². The molecule has 15 heavy (non-hydrogen) atoms. The van der Waals surface area contributed by atoms with E-state index >= 15 is 0 Å². The SMILES string of the molecule is CCCCN(C)CCC[N+](C)(C)CCC. The maximum atomic E-state index is 2.47. The third kappa shape index (κ3) is 8.88. The highest BCUT2D eigenvalue weighted by Crippen LogP contribution is 2.02. The molecule has 2 nitrogen and oxygen atoms in total. The molecule has 0 saturated heterocycles. The minimum atomic E-state index is 1.18. The van der Waals surface area contributed by atoms with Crippen LogP contribution in [0.15, 0.2) is 0 Å². The first-order valence-electron chi connectivity index (χ1n) is 6.52. The van der Waals surface area contributed by atoms with Crippen molar-refractivity contribution in [1.29, 1.82) is 0 Å². The Balaban J connectivity index is 3.51. The fourth-order valence-electron chi connectivity index (χ4n) is 2.03. The average Bonchev–Trinajstić information content (AvgIpc) is 2.14. The van der Waals surface area contributed by atoms with Crippen LogP contribution in [0.1, 0.15) is 39.5 Å². The van der Waals surface area contributed by atoms with E-state index in [0.29, 0.717) is 0 Å². The van der Waals surface area contributed by atoms with Crippen molar-refractivity contribution in [2.45, 2.75) is 39.5 Å². The minimum absolute atomic E-state index is 1.18. The maximum absolute atomic E-state index is 2.47. The Morgan fingerprint density at radius 1 is 0.867 bits per heavy atom. The summed E-state index contributed by atoms with van der Waals surface area (Å²) in [6.07, 6.45) is 5.26. The monoisotopic (exact) mass is 215 g/mol. The van der Waals surface area contributed by atoms with Gasteiger partial charge in [0, 0.05) is 13.0 Å². The first-order chi connectivity index (χ1) is 7.02. The van der Waals surface area contributed by atoms with Crippen LogP contribution in [-0.2, 0) is 0 Å². The van der Waals surface area contributed by atoms with Gasteiger partial charge < -0.3 is 9.38 Å². The van der Waals surface area contributed by atoms with Crippen LogP contribution < -0.4 is 0 Å². The minimum Gasteiger partial charge on any atom is -0.328 e. The summed E-state index contributed by atoms with van der Waals surface area (Å²) in [6.45, 7) is 9.66. The molecule has 0 amide bonds. The van der Waals surface area contributed by atoms with Crippen LogP contribution in [0.4, 0.5) is 0 Å². The van der Waals surface area contributed by atoms with Crippen molar-refractivity contribution in [3.05, 3.63) is 0 Å². The summed E-state index contributed by atoms with van der Waals surface area (Å²) >= 11 is 0. The molecule has 0 aliphatic heterocycles. The van der Waals surface area contributed by atoms with Gasteiger partial charge >= 0.3 is 0 Å². The highest BCUT2D eigenvalue weighted by Gasteiger charge is 2.12. The molecule has 0 heterocycles. The van der Waals surface area contributed by atoms with Gasteiger partial charge in [-0.05, 0) is 26.4 Å². The molecule has 92 valence electrons. The molecule has 0 spiro atoms. The van der Waals surface area contributed by atoms with E-state index in [1.54, 1.807) is 0 Å². The van der Waals surface area contributed by atoms with E-state index in [9.17, 15) is 0 Å². The molecule has 0 aromatic rings. The molecule has 0 rings (SSSR count). The average molecular weight is 215 g/mol. The van der Waals surface area contributed by atoms with Gasteiger partial charge in [-0.2, -0.15) is 0 Å². The zero-order valence-electron chi connectivity index (χ0n) is 11.6. The molecule has 0 atom stereocenters. The molecule has 0 unspecified atom stereocenters. The summed E-state index contributed by atoms with van der Waals surface area (Å²) in [6, 6.07) is 0. The Morgan fingerprint density at radius 2 is 1.47 bits per heavy atom. The third-order valence-corrected chi connectivity index (χ3v) is 3.03. The van der Waals surface area contributed by atoms with Gasteiger partial charge in [-0.15, -0.1) is 0 Å². The second-order valence-corrected chi connectivity index (χ2v) is 5.39. The van der Waals surface area contributed by atoms with Crippen LogP contribution in [0.3, 0.4) is 0 Å². The van der Waals surface area contributed by atoms with Crippen molar-refractivity contribution in [2.24, 2.45) is 0 Å². The molecule has 0 radical (unpaired) electrons. The molecule has 0 saturated carbocycles. The second kappa shape index (κ2) is 8.12. The molecule has 0 aromatic heterocycles. The second-order valence-electron chi connectivity index (χ2n) is 5.39. The van der Waals surface area contributed by atoms with Crippen molar-refractivity contribution >= 4 is 0 Å². The molecule has 0 aromatic carbocycles. The molecule has 0 bridgehead atoms. The Morgan fingerprint density at radius 3 is 2.00 bits per heavy atom. The number of hydrogen-bond donors (Lipinski definition) is 0. The Hall–Kier alpha value is -0.0800. The number of rotatable bonds is 9. The van der Waals surface area contributed by atoms with Crippen LogP contribution in [0.2, 0.25) is 0 Å². The Labute approximate surface area is 96.8 Å². The number of quaternary nitrogens is 1. The first-order valence-corrected chi connectivity index (χ1v) is 6.52. The molecule has 2 heteroatoms. The van der Waals surface area contributed by atoms with Crippen LogP contribution >= 0.6 is 0 Å². The van der Waals surface area contributed by atoms with Crippen LogP contribution in [0.5, 0.6) is 0 Å². The highest BCUT2D eigenvalue weighted by molar-refractivity contribution is 4.51. The van der Waals surface area contributed by atoms with E-state index < -0.39 is 0 Å². The Kier molecular flexibility index (Phi) is 8.07. The lowest BCUT2D eigenvalue weighted by molar-refractivity contribution is -0.890. The van der Waals surface area contributed by atoms with E-state index in [0.717, 1.165) is 0 Å². The van der Waals surface area contributed by atoms with Gasteiger partial charge in [-0.3, -0.25) is 0 Å². The van der Waals surface area contributed by atoms with Crippen LogP contribution in [-0.4, -0.2) is 56.7 Å². The van der Waals surface area contributed by atoms with E-state index in [1.165, 1.54) is 56.3 Å². The fourth-order valence-corrected chi connectivity index (χ4v) is 2.03. The summed E-state index contributed by atoms with van der Waals surface area (Å²) < 4.78 is 1.18. The van der Waals surface area contributed by atoms with Crippen molar-refractivity contribution in [3.63, 3.8) is 0 Å². The standard InChI is InChI=1S/C13H31N2/c1-6-8-10-14(3)11-9-13-15(4,5)12-7-2/h6-13H2,1-5H3/q+1. The molecule has 0 aliphatic rings. The number of hydrogen-bond acceptors (Lipinski definition) is 1. The van der Waals surface area contributed by atoms with E-state index in [2.05, 4.69) is 39.9 Å². The zero-order valence-corrected chi connectivity index (χ0v) is 11.6. The summed E-state index contributed by atoms with van der Waals surface area (Å²) in [5.41, 5.74) is 0. The van der Waals surface area contributed by atoms with Gasteiger partial charge in [-0.1, -0.05) is 20.3 Å². The van der Waals surface area contributed by atoms with E-state index in [1.807, 2.05) is 0 Å². The third-order valence-electron chi connectivity index (χ3n) is 3.03. The predicted molar refractivity (Wildman–Crippen MR) is 69.2 cm³/mol. The van der Waals surface area contributed by atoms with Crippen molar-refractivity contribution < 1.29 is 4.48 Å². The molecule has 0 aliphatic carbocycles. The lowest BCUT2D eigenvalue weighted by Gasteiger charge is -2.30. The largest absolute Gasteiger partial charge is 0.328 e. The molecule has 0 fully saturated rings. The Bertz CT molecular complexity index is 143. The topological polar surface area (TPSA) is 3.24 Å².